The fraction of sp³-hybridized carbons (Fsp3) is 0.455. The van der Waals surface area contributed by atoms with Crippen LogP contribution in [0.3, 0.4) is 0 Å². The van der Waals surface area contributed by atoms with Crippen LogP contribution in [0.15, 0.2) is 16.5 Å². The van der Waals surface area contributed by atoms with Gasteiger partial charge in [-0.05, 0) is 25.5 Å². The van der Waals surface area contributed by atoms with Gasteiger partial charge in [-0.3, -0.25) is 9.59 Å². The van der Waals surface area contributed by atoms with Crippen molar-refractivity contribution in [2.45, 2.75) is 32.4 Å². The van der Waals surface area contributed by atoms with Gasteiger partial charge in [0.15, 0.2) is 5.76 Å². The number of furan rings is 1. The first-order valence-electron chi connectivity index (χ1n) is 5.34. The highest BCUT2D eigenvalue weighted by Gasteiger charge is 2.14. The summed E-state index contributed by atoms with van der Waals surface area (Å²) < 4.78 is 5.17. The summed E-state index contributed by atoms with van der Waals surface area (Å²) in [6, 6.07) is 2.96. The van der Waals surface area contributed by atoms with E-state index in [2.05, 4.69) is 5.32 Å². The normalized spacial score (nSPS) is 12.1. The summed E-state index contributed by atoms with van der Waals surface area (Å²) in [7, 11) is 0. The third kappa shape index (κ3) is 4.28. The van der Waals surface area contributed by atoms with E-state index < -0.39 is 5.97 Å². The summed E-state index contributed by atoms with van der Waals surface area (Å²) in [4.78, 5) is 22.0. The molecule has 0 aromatic carbocycles. The van der Waals surface area contributed by atoms with E-state index >= 15 is 0 Å². The molecule has 0 aliphatic heterocycles. The minimum atomic E-state index is -0.880. The van der Waals surface area contributed by atoms with Gasteiger partial charge in [-0.25, -0.2) is 0 Å². The van der Waals surface area contributed by atoms with Gasteiger partial charge >= 0.3 is 5.97 Å². The zero-order valence-electron chi connectivity index (χ0n) is 9.60. The zero-order chi connectivity index (χ0) is 12.8. The molecule has 1 rings (SSSR count). The minimum Gasteiger partial charge on any atom is -0.481 e. The third-order valence-corrected chi connectivity index (χ3v) is 2.26. The number of carboxylic acids is 1. The molecule has 0 fully saturated rings. The molecule has 6 heteroatoms. The van der Waals surface area contributed by atoms with E-state index in [-0.39, 0.29) is 30.7 Å². The summed E-state index contributed by atoms with van der Waals surface area (Å²) in [5, 5.41) is 11.2. The van der Waals surface area contributed by atoms with Crippen LogP contribution in [0.25, 0.3) is 0 Å². The molecule has 0 aliphatic carbocycles. The fourth-order valence-corrected chi connectivity index (χ4v) is 1.32. The molecule has 1 unspecified atom stereocenters. The molecule has 0 bridgehead atoms. The molecular formula is C11H16N2O4. The number of nitrogens with two attached hydrogens (primary N) is 1. The molecule has 1 aromatic heterocycles. The van der Waals surface area contributed by atoms with E-state index in [1.54, 1.807) is 19.1 Å². The lowest BCUT2D eigenvalue weighted by molar-refractivity contribution is -0.137. The van der Waals surface area contributed by atoms with Crippen molar-refractivity contribution in [1.29, 1.82) is 0 Å². The zero-order valence-corrected chi connectivity index (χ0v) is 9.60. The molecular weight excluding hydrogens is 224 g/mol. The highest BCUT2D eigenvalue weighted by atomic mass is 16.4. The fourth-order valence-electron chi connectivity index (χ4n) is 1.32. The second-order valence-corrected chi connectivity index (χ2v) is 3.78. The Morgan fingerprint density at radius 3 is 2.76 bits per heavy atom. The van der Waals surface area contributed by atoms with Gasteiger partial charge in [-0.15, -0.1) is 0 Å². The summed E-state index contributed by atoms with van der Waals surface area (Å²) >= 11 is 0. The molecule has 17 heavy (non-hydrogen) atoms. The van der Waals surface area contributed by atoms with Crippen LogP contribution in [-0.4, -0.2) is 23.0 Å². The van der Waals surface area contributed by atoms with Crippen molar-refractivity contribution in [1.82, 2.24) is 5.32 Å². The van der Waals surface area contributed by atoms with Crippen LogP contribution < -0.4 is 11.1 Å². The monoisotopic (exact) mass is 240 g/mol. The lowest BCUT2D eigenvalue weighted by Gasteiger charge is -2.11. The van der Waals surface area contributed by atoms with Crippen LogP contribution in [0.2, 0.25) is 0 Å². The summed E-state index contributed by atoms with van der Waals surface area (Å²) in [6.07, 6.45) is 0.402. The van der Waals surface area contributed by atoms with Crippen LogP contribution in [-0.2, 0) is 11.3 Å². The van der Waals surface area contributed by atoms with Gasteiger partial charge in [0, 0.05) is 12.5 Å². The molecule has 0 radical (unpaired) electrons. The van der Waals surface area contributed by atoms with Gasteiger partial charge in [0.25, 0.3) is 5.91 Å². The topological polar surface area (TPSA) is 106 Å². The Balaban J connectivity index is 2.45. The van der Waals surface area contributed by atoms with Crippen molar-refractivity contribution >= 4 is 11.9 Å². The number of carbonyl (C=O) groups excluding carboxylic acids is 1. The molecule has 6 nitrogen and oxygen atoms in total. The standard InChI is InChI=1S/C11H16N2O4/c1-7(2-5-10(14)15)13-11(16)9-4-3-8(6-12)17-9/h3-4,7H,2,5-6,12H2,1H3,(H,13,16)(H,14,15). The Labute approximate surface area is 98.8 Å². The molecule has 4 N–H and O–H groups in total. The van der Waals surface area contributed by atoms with Gasteiger partial charge in [-0.1, -0.05) is 0 Å². The number of nitrogens with one attached hydrogen (secondary N) is 1. The largest absolute Gasteiger partial charge is 0.481 e. The van der Waals surface area contributed by atoms with Crippen molar-refractivity contribution < 1.29 is 19.1 Å². The van der Waals surface area contributed by atoms with Crippen molar-refractivity contribution in [3.8, 4) is 0 Å². The van der Waals surface area contributed by atoms with Gasteiger partial charge in [-0.2, -0.15) is 0 Å². The first-order chi connectivity index (χ1) is 8.02. The molecule has 0 aliphatic rings. The van der Waals surface area contributed by atoms with E-state index in [0.29, 0.717) is 12.2 Å². The number of hydrogen-bond donors (Lipinski definition) is 3. The maximum Gasteiger partial charge on any atom is 0.303 e. The van der Waals surface area contributed by atoms with Crippen LogP contribution in [0, 0.1) is 0 Å². The second kappa shape index (κ2) is 6.05. The number of amides is 1. The van der Waals surface area contributed by atoms with Gasteiger partial charge in [0.05, 0.1) is 6.54 Å². The molecule has 94 valence electrons. The lowest BCUT2D eigenvalue weighted by atomic mass is 10.2. The van der Waals surface area contributed by atoms with Crippen molar-refractivity contribution in [2.24, 2.45) is 5.73 Å². The number of rotatable bonds is 6. The van der Waals surface area contributed by atoms with Gasteiger partial charge in [0.2, 0.25) is 0 Å². The first-order valence-corrected chi connectivity index (χ1v) is 5.34. The van der Waals surface area contributed by atoms with E-state index in [9.17, 15) is 9.59 Å². The van der Waals surface area contributed by atoms with Crippen molar-refractivity contribution in [3.63, 3.8) is 0 Å². The number of hydrogen-bond acceptors (Lipinski definition) is 4. The van der Waals surface area contributed by atoms with Crippen LogP contribution >= 0.6 is 0 Å². The maximum absolute atomic E-state index is 11.6. The van der Waals surface area contributed by atoms with Crippen LogP contribution in [0.5, 0.6) is 0 Å². The predicted molar refractivity (Wildman–Crippen MR) is 60.4 cm³/mol. The van der Waals surface area contributed by atoms with E-state index in [4.69, 9.17) is 15.3 Å². The molecule has 1 heterocycles. The number of carbonyl (C=O) groups is 2. The summed E-state index contributed by atoms with van der Waals surface area (Å²) in [6.45, 7) is 1.98. The van der Waals surface area contributed by atoms with Crippen LogP contribution in [0.1, 0.15) is 36.1 Å². The average Bonchev–Trinajstić information content (AvgIpc) is 2.74. The number of aliphatic carboxylic acids is 1. The van der Waals surface area contributed by atoms with E-state index in [1.807, 2.05) is 0 Å². The Bertz CT molecular complexity index is 400. The Hall–Kier alpha value is -1.82. The molecule has 1 aromatic rings. The first kappa shape index (κ1) is 13.2. The Kier molecular flexibility index (Phi) is 4.71. The van der Waals surface area contributed by atoms with E-state index in [0.717, 1.165) is 0 Å². The lowest BCUT2D eigenvalue weighted by Crippen LogP contribution is -2.32. The van der Waals surface area contributed by atoms with Gasteiger partial charge < -0.3 is 20.6 Å². The van der Waals surface area contributed by atoms with Gasteiger partial charge in [0.1, 0.15) is 5.76 Å². The number of carboxylic acid groups (broad SMARTS) is 1. The van der Waals surface area contributed by atoms with Crippen molar-refractivity contribution in [2.75, 3.05) is 0 Å². The predicted octanol–water partition coefficient (Wildman–Crippen LogP) is 0.721. The highest BCUT2D eigenvalue weighted by molar-refractivity contribution is 5.91. The van der Waals surface area contributed by atoms with E-state index in [1.165, 1.54) is 0 Å². The quantitative estimate of drug-likeness (QED) is 0.679. The van der Waals surface area contributed by atoms with Crippen molar-refractivity contribution in [3.05, 3.63) is 23.7 Å². The molecule has 0 saturated heterocycles. The maximum atomic E-state index is 11.6. The molecule has 1 atom stereocenters. The molecule has 0 spiro atoms. The SMILES string of the molecule is CC(CCC(=O)O)NC(=O)c1ccc(CN)o1. The minimum absolute atomic E-state index is 0.0215. The molecule has 0 saturated carbocycles. The average molecular weight is 240 g/mol. The Morgan fingerprint density at radius 2 is 2.24 bits per heavy atom. The third-order valence-electron chi connectivity index (χ3n) is 2.26. The highest BCUT2D eigenvalue weighted by Crippen LogP contribution is 2.07. The smallest absolute Gasteiger partial charge is 0.303 e. The Morgan fingerprint density at radius 1 is 1.53 bits per heavy atom. The second-order valence-electron chi connectivity index (χ2n) is 3.78. The summed E-state index contributed by atoms with van der Waals surface area (Å²) in [5.74, 6) is -0.516. The molecule has 1 amide bonds. The van der Waals surface area contributed by atoms with Crippen LogP contribution in [0.4, 0.5) is 0 Å². The summed E-state index contributed by atoms with van der Waals surface area (Å²) in [5.41, 5.74) is 5.35.